The molecule has 2 aromatic carbocycles. The van der Waals surface area contributed by atoms with Crippen LogP contribution in [0.3, 0.4) is 0 Å². The third-order valence-corrected chi connectivity index (χ3v) is 9.66. The fourth-order valence-electron chi connectivity index (χ4n) is 7.50. The Bertz CT molecular complexity index is 1340. The van der Waals surface area contributed by atoms with Gasteiger partial charge < -0.3 is 4.90 Å². The smallest absolute Gasteiger partial charge is 0.280 e. The van der Waals surface area contributed by atoms with E-state index in [2.05, 4.69) is 27.7 Å². The number of hydrogen-bond donors (Lipinski definition) is 0. The molecule has 0 amide bonds. The van der Waals surface area contributed by atoms with Crippen LogP contribution >= 0.6 is 0 Å². The molecule has 1 spiro atoms. The minimum absolute atomic E-state index is 0.146. The zero-order valence-corrected chi connectivity index (χ0v) is 20.6. The summed E-state index contributed by atoms with van der Waals surface area (Å²) in [4.78, 5) is 20.6. The minimum atomic E-state index is -0.179. The number of benzene rings is 2. The van der Waals surface area contributed by atoms with Crippen LogP contribution in [0.5, 0.6) is 0 Å². The zero-order valence-electron chi connectivity index (χ0n) is 20.6. The van der Waals surface area contributed by atoms with Crippen molar-refractivity contribution in [3.05, 3.63) is 63.7 Å². The number of likely N-dealkylation sites (tertiary alicyclic amines) is 1. The molecule has 0 bridgehead atoms. The average molecular weight is 463 g/mol. The van der Waals surface area contributed by atoms with E-state index in [0.717, 1.165) is 30.1 Å². The van der Waals surface area contributed by atoms with Crippen LogP contribution in [0.4, 0.5) is 0 Å². The molecule has 35 heavy (non-hydrogen) atoms. The lowest BCUT2D eigenvalue weighted by Crippen LogP contribution is -2.38. The zero-order chi connectivity index (χ0) is 23.6. The number of nitrogens with zero attached hydrogens (tertiary/aromatic N) is 3. The number of piperidine rings is 1. The van der Waals surface area contributed by atoms with Crippen LogP contribution in [0.2, 0.25) is 0 Å². The van der Waals surface area contributed by atoms with Gasteiger partial charge >= 0.3 is 0 Å². The second kappa shape index (κ2) is 8.33. The molecular weight excluding hydrogens is 429 g/mol. The van der Waals surface area contributed by atoms with Gasteiger partial charge in [-0.05, 0) is 86.7 Å². The predicted molar refractivity (Wildman–Crippen MR) is 142 cm³/mol. The van der Waals surface area contributed by atoms with Gasteiger partial charge in [0, 0.05) is 6.54 Å². The summed E-state index contributed by atoms with van der Waals surface area (Å²) >= 11 is 0. The number of hydrogen-bond acceptors (Lipinski definition) is 3. The number of aromatic nitrogens is 2. The van der Waals surface area contributed by atoms with E-state index in [-0.39, 0.29) is 11.0 Å². The molecule has 1 saturated heterocycles. The molecule has 178 valence electrons. The Morgan fingerprint density at radius 2 is 1.77 bits per heavy atom. The van der Waals surface area contributed by atoms with Crippen molar-refractivity contribution < 1.29 is 0 Å². The van der Waals surface area contributed by atoms with Crippen LogP contribution in [0, 0.1) is 5.92 Å². The lowest BCUT2D eigenvalue weighted by Gasteiger charge is -2.37. The summed E-state index contributed by atoms with van der Waals surface area (Å²) in [7, 11) is 6.26. The normalized spacial score (nSPS) is 22.3. The van der Waals surface area contributed by atoms with Crippen LogP contribution < -0.4 is 11.0 Å². The Labute approximate surface area is 209 Å². The van der Waals surface area contributed by atoms with Crippen molar-refractivity contribution in [3.63, 3.8) is 0 Å². The van der Waals surface area contributed by atoms with E-state index < -0.39 is 0 Å². The van der Waals surface area contributed by atoms with Crippen LogP contribution in [-0.2, 0) is 5.41 Å². The van der Waals surface area contributed by atoms with Gasteiger partial charge in [-0.25, -0.2) is 0 Å². The molecule has 3 heterocycles. The standard InChI is InChI=1S/C30H34BN3O/c31-24-8-5-9-26-27(24)28(35)32-29-30(14-2-1-3-15-30)23-18-22(10-11-25(23)34(26)29)21-12-16-33(17-13-21)19-20-6-4-7-20/h5,8-11,18,20-21H,1-4,6-7,12-17,19H2. The first-order valence-electron chi connectivity index (χ1n) is 13.8. The Hall–Kier alpha value is -2.40. The maximum Gasteiger partial charge on any atom is 0.280 e. The topological polar surface area (TPSA) is 38.1 Å². The summed E-state index contributed by atoms with van der Waals surface area (Å²) in [6, 6.07) is 13.0. The van der Waals surface area contributed by atoms with Crippen LogP contribution in [0.1, 0.15) is 87.1 Å². The molecule has 2 saturated carbocycles. The van der Waals surface area contributed by atoms with Crippen molar-refractivity contribution in [1.29, 1.82) is 0 Å². The highest BCUT2D eigenvalue weighted by molar-refractivity contribution is 6.38. The fraction of sp³-hybridized carbons (Fsp3) is 0.533. The molecule has 7 rings (SSSR count). The van der Waals surface area contributed by atoms with Gasteiger partial charge in [-0.1, -0.05) is 55.4 Å². The Morgan fingerprint density at radius 3 is 2.51 bits per heavy atom. The summed E-state index contributed by atoms with van der Waals surface area (Å²) in [5.41, 5.74) is 5.18. The Morgan fingerprint density at radius 1 is 0.971 bits per heavy atom. The maximum absolute atomic E-state index is 13.2. The molecule has 1 aromatic heterocycles. The Kier molecular flexibility index (Phi) is 5.20. The van der Waals surface area contributed by atoms with E-state index in [4.69, 9.17) is 12.8 Å². The van der Waals surface area contributed by atoms with Crippen LogP contribution in [0.25, 0.3) is 16.6 Å². The SMILES string of the molecule is [B]c1cccc2c1c(=O)nc1n2-c2ccc(C3CCN(CC4CCC4)CC3)cc2C12CCCCC2. The lowest BCUT2D eigenvalue weighted by molar-refractivity contribution is 0.147. The van der Waals surface area contributed by atoms with Gasteiger partial charge in [0.1, 0.15) is 13.7 Å². The van der Waals surface area contributed by atoms with Gasteiger partial charge in [-0.3, -0.25) is 9.36 Å². The van der Waals surface area contributed by atoms with Crippen molar-refractivity contribution in [2.75, 3.05) is 19.6 Å². The molecule has 4 aliphatic rings. The van der Waals surface area contributed by atoms with Crippen molar-refractivity contribution in [1.82, 2.24) is 14.5 Å². The average Bonchev–Trinajstić information content (AvgIpc) is 3.11. The molecule has 2 radical (unpaired) electrons. The molecule has 5 heteroatoms. The van der Waals surface area contributed by atoms with Crippen LogP contribution in [0.15, 0.2) is 41.2 Å². The highest BCUT2D eigenvalue weighted by Gasteiger charge is 2.46. The van der Waals surface area contributed by atoms with Crippen molar-refractivity contribution >= 4 is 24.2 Å². The predicted octanol–water partition coefficient (Wildman–Crippen LogP) is 4.72. The van der Waals surface area contributed by atoms with Gasteiger partial charge in [0.05, 0.1) is 22.0 Å². The summed E-state index contributed by atoms with van der Waals surface area (Å²) in [5.74, 6) is 2.53. The minimum Gasteiger partial charge on any atom is -0.303 e. The third kappa shape index (κ3) is 3.37. The van der Waals surface area contributed by atoms with E-state index in [1.807, 2.05) is 18.2 Å². The fourth-order valence-corrected chi connectivity index (χ4v) is 7.50. The van der Waals surface area contributed by atoms with Crippen LogP contribution in [-0.4, -0.2) is 41.9 Å². The largest absolute Gasteiger partial charge is 0.303 e. The molecule has 4 nitrogen and oxygen atoms in total. The Balaban J connectivity index is 1.29. The van der Waals surface area contributed by atoms with Gasteiger partial charge in [-0.2, -0.15) is 4.98 Å². The van der Waals surface area contributed by atoms with Gasteiger partial charge in [-0.15, -0.1) is 0 Å². The summed E-state index contributed by atoms with van der Waals surface area (Å²) < 4.78 is 2.26. The maximum atomic E-state index is 13.2. The van der Waals surface area contributed by atoms with Gasteiger partial charge in [0.2, 0.25) is 0 Å². The van der Waals surface area contributed by atoms with Crippen molar-refractivity contribution in [3.8, 4) is 5.69 Å². The first kappa shape index (κ1) is 21.9. The summed E-state index contributed by atoms with van der Waals surface area (Å²) in [6.07, 6.45) is 12.6. The van der Waals surface area contributed by atoms with Gasteiger partial charge in [0.25, 0.3) is 5.56 Å². The molecule has 3 fully saturated rings. The first-order valence-corrected chi connectivity index (χ1v) is 13.8. The highest BCUT2D eigenvalue weighted by Crippen LogP contribution is 2.52. The molecule has 0 atom stereocenters. The second-order valence-corrected chi connectivity index (χ2v) is 11.6. The summed E-state index contributed by atoms with van der Waals surface area (Å²) in [6.45, 7) is 3.76. The monoisotopic (exact) mass is 463 g/mol. The molecule has 3 aromatic rings. The second-order valence-electron chi connectivity index (χ2n) is 11.6. The van der Waals surface area contributed by atoms with E-state index in [0.29, 0.717) is 16.8 Å². The van der Waals surface area contributed by atoms with Crippen molar-refractivity contribution in [2.45, 2.75) is 75.5 Å². The van der Waals surface area contributed by atoms with E-state index >= 15 is 0 Å². The summed E-state index contributed by atoms with van der Waals surface area (Å²) in [5, 5.41) is 0.554. The first-order chi connectivity index (χ1) is 17.1. The number of rotatable bonds is 3. The van der Waals surface area contributed by atoms with E-state index in [9.17, 15) is 4.79 Å². The third-order valence-electron chi connectivity index (χ3n) is 9.66. The molecular formula is C30H34BN3O. The van der Waals surface area contributed by atoms with E-state index in [1.165, 1.54) is 87.8 Å². The quantitative estimate of drug-likeness (QED) is 0.528. The molecule has 0 unspecified atom stereocenters. The molecule has 2 aliphatic heterocycles. The molecule has 2 aliphatic carbocycles. The van der Waals surface area contributed by atoms with Gasteiger partial charge in [0.15, 0.2) is 0 Å². The van der Waals surface area contributed by atoms with E-state index in [1.54, 1.807) is 0 Å². The van der Waals surface area contributed by atoms with Crippen molar-refractivity contribution in [2.24, 2.45) is 5.92 Å². The molecule has 0 N–H and O–H groups in total. The lowest BCUT2D eigenvalue weighted by atomic mass is 9.69. The number of fused-ring (bicyclic) bond motifs is 7. The highest BCUT2D eigenvalue weighted by atomic mass is 16.1.